The Morgan fingerprint density at radius 1 is 0.609 bits per heavy atom. The van der Waals surface area contributed by atoms with Crippen LogP contribution in [0, 0.1) is 0 Å². The highest BCUT2D eigenvalue weighted by molar-refractivity contribution is 7.96. The van der Waals surface area contributed by atoms with E-state index in [0.29, 0.717) is 0 Å². The van der Waals surface area contributed by atoms with Crippen molar-refractivity contribution in [3.8, 4) is 0 Å². The molecule has 0 bridgehead atoms. The molecule has 23 heavy (non-hydrogen) atoms. The van der Waals surface area contributed by atoms with Crippen LogP contribution in [0.4, 0.5) is 0 Å². The van der Waals surface area contributed by atoms with Gasteiger partial charge in [0.2, 0.25) is 0 Å². The first-order valence-electron chi connectivity index (χ1n) is 8.83. The van der Waals surface area contributed by atoms with Gasteiger partial charge in [-0.2, -0.15) is 0 Å². The number of hydrogen-bond acceptors (Lipinski definition) is 0. The quantitative estimate of drug-likeness (QED) is 0.620. The summed E-state index contributed by atoms with van der Waals surface area (Å²) in [6.45, 7) is 0. The second-order valence-corrected chi connectivity index (χ2v) is 9.62. The van der Waals surface area contributed by atoms with Gasteiger partial charge in [0.15, 0.2) is 0 Å². The van der Waals surface area contributed by atoms with Crippen molar-refractivity contribution in [2.75, 3.05) is 0 Å². The second-order valence-electron chi connectivity index (χ2n) is 6.10. The van der Waals surface area contributed by atoms with E-state index in [1.807, 2.05) is 0 Å². The Bertz CT molecular complexity index is 698. The maximum Gasteiger partial charge on any atom is 0.115 e. The van der Waals surface area contributed by atoms with Gasteiger partial charge in [-0.3, -0.25) is 0 Å². The average Bonchev–Trinajstić information content (AvgIpc) is 2.64. The van der Waals surface area contributed by atoms with Gasteiger partial charge in [0.25, 0.3) is 0 Å². The molecule has 0 nitrogen and oxygen atoms in total. The number of benzene rings is 3. The van der Waals surface area contributed by atoms with Gasteiger partial charge >= 0.3 is 0 Å². The van der Waals surface area contributed by atoms with Crippen LogP contribution in [0.15, 0.2) is 91.0 Å². The van der Waals surface area contributed by atoms with E-state index in [9.17, 15) is 1.37 Å². The largest absolute Gasteiger partial charge is 0.115 e. The molecule has 4 rings (SSSR count). The third-order valence-electron chi connectivity index (χ3n) is 4.84. The Morgan fingerprint density at radius 3 is 1.22 bits per heavy atom. The predicted molar refractivity (Wildman–Crippen MR) is 103 cm³/mol. The molecule has 0 radical (unpaired) electrons. The summed E-state index contributed by atoms with van der Waals surface area (Å²) in [6, 6.07) is 32.4. The highest BCUT2D eigenvalue weighted by Crippen LogP contribution is 2.65. The normalized spacial score (nSPS) is 17.1. The highest BCUT2D eigenvalue weighted by atomic mass is 31.2. The highest BCUT2D eigenvalue weighted by Gasteiger charge is 2.54. The summed E-state index contributed by atoms with van der Waals surface area (Å²) in [4.78, 5) is 0. The number of hydrogen-bond donors (Lipinski definition) is 0. The molecule has 0 heterocycles. The summed E-state index contributed by atoms with van der Waals surface area (Å²) in [5, 5.41) is 3.99. The molecular weight excluding hydrogens is 295 g/mol. The summed E-state index contributed by atoms with van der Waals surface area (Å²) in [5.74, 6) is 0. The van der Waals surface area contributed by atoms with Crippen LogP contribution in [0.5, 0.6) is 0 Å². The standard InChI is InChI=1S/C22H22P/c1-4-11-19(12-5-1)23(22-17-10-18-22,20-13-6-2-7-14-20)21-15-8-3-9-16-21/h1-9,11-16,22H,10,17-18H2/q+1/i22D. The molecule has 1 heteroatoms. The van der Waals surface area contributed by atoms with Crippen LogP contribution in [0.25, 0.3) is 0 Å². The van der Waals surface area contributed by atoms with Crippen LogP contribution in [0.2, 0.25) is 0 Å². The van der Waals surface area contributed by atoms with E-state index in [1.165, 1.54) is 15.9 Å². The molecule has 3 aromatic carbocycles. The van der Waals surface area contributed by atoms with Crippen molar-refractivity contribution >= 4 is 23.2 Å². The van der Waals surface area contributed by atoms with Gasteiger partial charge in [-0.05, 0) is 55.7 Å². The topological polar surface area (TPSA) is 0 Å². The number of rotatable bonds is 4. The van der Waals surface area contributed by atoms with E-state index in [1.54, 1.807) is 0 Å². The molecule has 114 valence electrons. The first kappa shape index (κ1) is 13.5. The van der Waals surface area contributed by atoms with Gasteiger partial charge in [0.05, 0.1) is 7.01 Å². The second kappa shape index (κ2) is 6.30. The molecule has 1 aliphatic rings. The average molecular weight is 318 g/mol. The maximum atomic E-state index is 9.43. The Hall–Kier alpha value is -1.91. The Balaban J connectivity index is 2.08. The monoisotopic (exact) mass is 318 g/mol. The van der Waals surface area contributed by atoms with Gasteiger partial charge < -0.3 is 0 Å². The molecule has 0 N–H and O–H groups in total. The fourth-order valence-electron chi connectivity index (χ4n) is 3.62. The van der Waals surface area contributed by atoms with Crippen molar-refractivity contribution in [3.63, 3.8) is 0 Å². The van der Waals surface area contributed by atoms with Gasteiger partial charge in [-0.15, -0.1) is 0 Å². The van der Waals surface area contributed by atoms with E-state index < -0.39 is 12.9 Å². The lowest BCUT2D eigenvalue weighted by Crippen LogP contribution is -2.41. The summed E-state index contributed by atoms with van der Waals surface area (Å²) >= 11 is 0. The Labute approximate surface area is 140 Å². The fourth-order valence-corrected chi connectivity index (χ4v) is 8.45. The van der Waals surface area contributed by atoms with Crippen molar-refractivity contribution in [2.24, 2.45) is 0 Å². The van der Waals surface area contributed by atoms with Crippen LogP contribution < -0.4 is 15.9 Å². The molecule has 0 aliphatic heterocycles. The summed E-state index contributed by atoms with van der Waals surface area (Å²) < 4.78 is 9.43. The molecule has 0 aromatic heterocycles. The SMILES string of the molecule is [2H]C1([P+](c2ccccc2)(c2ccccc2)c2ccccc2)CCC1. The molecule has 0 unspecified atom stereocenters. The van der Waals surface area contributed by atoms with Crippen LogP contribution in [0.1, 0.15) is 20.6 Å². The minimum atomic E-state index is -2.00. The van der Waals surface area contributed by atoms with E-state index >= 15 is 0 Å². The molecular formula is C22H22P+. The molecule has 0 atom stereocenters. The summed E-state index contributed by atoms with van der Waals surface area (Å²) in [5.41, 5.74) is -0.392. The maximum absolute atomic E-state index is 9.43. The van der Waals surface area contributed by atoms with Gasteiger partial charge in [-0.1, -0.05) is 54.6 Å². The van der Waals surface area contributed by atoms with E-state index in [4.69, 9.17) is 0 Å². The first-order chi connectivity index (χ1) is 11.8. The van der Waals surface area contributed by atoms with Gasteiger partial charge in [-0.25, -0.2) is 0 Å². The van der Waals surface area contributed by atoms with Crippen molar-refractivity contribution in [1.29, 1.82) is 0 Å². The summed E-state index contributed by atoms with van der Waals surface area (Å²) in [6.07, 6.45) is 3.14. The fraction of sp³-hybridized carbons (Fsp3) is 0.182. The smallest absolute Gasteiger partial charge is 0.0620 e. The van der Waals surface area contributed by atoms with Gasteiger partial charge in [0.1, 0.15) is 23.2 Å². The van der Waals surface area contributed by atoms with Crippen molar-refractivity contribution < 1.29 is 1.37 Å². The third-order valence-corrected chi connectivity index (χ3v) is 9.45. The molecule has 3 aromatic rings. The van der Waals surface area contributed by atoms with Crippen molar-refractivity contribution in [1.82, 2.24) is 0 Å². The zero-order valence-electron chi connectivity index (χ0n) is 14.2. The van der Waals surface area contributed by atoms with Gasteiger partial charge in [0, 0.05) is 0 Å². The lowest BCUT2D eigenvalue weighted by Gasteiger charge is -2.39. The molecule has 1 aliphatic carbocycles. The third kappa shape index (κ3) is 2.42. The molecule has 1 fully saturated rings. The Kier molecular flexibility index (Phi) is 3.70. The summed E-state index contributed by atoms with van der Waals surface area (Å²) in [7, 11) is -2.00. The van der Waals surface area contributed by atoms with Crippen molar-refractivity contribution in [3.05, 3.63) is 91.0 Å². The molecule has 0 amide bonds. The minimum Gasteiger partial charge on any atom is -0.0620 e. The molecule has 0 spiro atoms. The first-order valence-corrected chi connectivity index (χ1v) is 10.1. The van der Waals surface area contributed by atoms with E-state index in [-0.39, 0.29) is 0 Å². The van der Waals surface area contributed by atoms with Crippen LogP contribution in [-0.4, -0.2) is 5.64 Å². The van der Waals surface area contributed by atoms with Crippen molar-refractivity contribution in [2.45, 2.75) is 24.9 Å². The van der Waals surface area contributed by atoms with Crippen LogP contribution in [-0.2, 0) is 0 Å². The van der Waals surface area contributed by atoms with E-state index in [0.717, 1.165) is 19.3 Å². The zero-order chi connectivity index (χ0) is 16.5. The van der Waals surface area contributed by atoms with Crippen LogP contribution >= 0.6 is 7.26 Å². The minimum absolute atomic E-state index is 0.392. The molecule has 0 saturated heterocycles. The Morgan fingerprint density at radius 2 is 0.957 bits per heavy atom. The lowest BCUT2D eigenvalue weighted by molar-refractivity contribution is 0.515. The predicted octanol–water partition coefficient (Wildman–Crippen LogP) is 4.53. The lowest BCUT2D eigenvalue weighted by atomic mass is 10.00. The zero-order valence-corrected chi connectivity index (χ0v) is 14.1. The van der Waals surface area contributed by atoms with Crippen LogP contribution in [0.3, 0.4) is 0 Å². The molecule has 1 saturated carbocycles. The van der Waals surface area contributed by atoms with E-state index in [2.05, 4.69) is 91.0 Å².